The van der Waals surface area contributed by atoms with Crippen molar-refractivity contribution in [2.45, 2.75) is 19.8 Å². The van der Waals surface area contributed by atoms with Crippen molar-refractivity contribution >= 4 is 11.6 Å². The van der Waals surface area contributed by atoms with Gasteiger partial charge in [-0.05, 0) is 37.1 Å². The van der Waals surface area contributed by atoms with Gasteiger partial charge >= 0.3 is 0 Å². The van der Waals surface area contributed by atoms with Crippen molar-refractivity contribution < 1.29 is 4.79 Å². The summed E-state index contributed by atoms with van der Waals surface area (Å²) in [7, 11) is 0. The Morgan fingerprint density at radius 2 is 1.94 bits per heavy atom. The molecule has 1 unspecified atom stereocenters. The number of aromatic amines is 1. The maximum absolute atomic E-state index is 12.1. The Balaban J connectivity index is 2.16. The molecule has 0 saturated carbocycles. The Labute approximate surface area is 99.9 Å². The first-order valence-corrected chi connectivity index (χ1v) is 5.72. The average molecular weight is 226 g/mol. The van der Waals surface area contributed by atoms with Gasteiger partial charge in [-0.25, -0.2) is 0 Å². The van der Waals surface area contributed by atoms with Crippen LogP contribution in [0.2, 0.25) is 0 Å². The molecule has 0 aliphatic carbocycles. The van der Waals surface area contributed by atoms with Gasteiger partial charge in [-0.2, -0.15) is 0 Å². The standard InChI is InChI=1S/C14H14N2O/c1-8-7-9(2)15-13(8)12-10-5-3-4-6-11(10)16-14(12)17/h3-7,12,15H,1-2H3,(H,16,17). The molecule has 0 bridgehead atoms. The van der Waals surface area contributed by atoms with Crippen molar-refractivity contribution in [1.82, 2.24) is 4.98 Å². The summed E-state index contributed by atoms with van der Waals surface area (Å²) >= 11 is 0. The minimum absolute atomic E-state index is 0.0520. The summed E-state index contributed by atoms with van der Waals surface area (Å²) in [6, 6.07) is 9.93. The summed E-state index contributed by atoms with van der Waals surface area (Å²) < 4.78 is 0. The third-order valence-corrected chi connectivity index (χ3v) is 3.27. The lowest BCUT2D eigenvalue weighted by molar-refractivity contribution is -0.116. The molecule has 1 aromatic carbocycles. The van der Waals surface area contributed by atoms with Crippen molar-refractivity contribution in [1.29, 1.82) is 0 Å². The average Bonchev–Trinajstić information content (AvgIpc) is 2.77. The molecule has 1 atom stereocenters. The van der Waals surface area contributed by atoms with Gasteiger partial charge in [0.05, 0.1) is 0 Å². The van der Waals surface area contributed by atoms with E-state index in [4.69, 9.17) is 0 Å². The number of fused-ring (bicyclic) bond motifs is 1. The number of amides is 1. The summed E-state index contributed by atoms with van der Waals surface area (Å²) in [5.74, 6) is -0.143. The maximum Gasteiger partial charge on any atom is 0.238 e. The Kier molecular flexibility index (Phi) is 2.08. The predicted molar refractivity (Wildman–Crippen MR) is 67.2 cm³/mol. The highest BCUT2D eigenvalue weighted by Crippen LogP contribution is 2.37. The number of anilines is 1. The predicted octanol–water partition coefficient (Wildman–Crippen LogP) is 2.72. The first kappa shape index (κ1) is 10.1. The number of hydrogen-bond acceptors (Lipinski definition) is 1. The van der Waals surface area contributed by atoms with Crippen LogP contribution in [0.15, 0.2) is 30.3 Å². The van der Waals surface area contributed by atoms with E-state index in [9.17, 15) is 4.79 Å². The SMILES string of the molecule is Cc1cc(C)c(C2C(=O)Nc3ccccc32)[nH]1. The van der Waals surface area contributed by atoms with Gasteiger partial charge in [0.25, 0.3) is 0 Å². The van der Waals surface area contributed by atoms with Crippen LogP contribution in [0.5, 0.6) is 0 Å². The second-order valence-corrected chi connectivity index (χ2v) is 4.56. The van der Waals surface area contributed by atoms with E-state index in [1.807, 2.05) is 38.1 Å². The first-order valence-electron chi connectivity index (χ1n) is 5.72. The van der Waals surface area contributed by atoms with Crippen LogP contribution in [-0.2, 0) is 4.79 Å². The second kappa shape index (κ2) is 3.48. The van der Waals surface area contributed by atoms with Gasteiger partial charge < -0.3 is 10.3 Å². The molecule has 1 aliphatic heterocycles. The summed E-state index contributed by atoms with van der Waals surface area (Å²) in [4.78, 5) is 15.4. The molecule has 3 heteroatoms. The molecule has 0 radical (unpaired) electrons. The molecule has 2 N–H and O–H groups in total. The van der Waals surface area contributed by atoms with Crippen LogP contribution < -0.4 is 5.32 Å². The van der Waals surface area contributed by atoms with Crippen LogP contribution >= 0.6 is 0 Å². The lowest BCUT2D eigenvalue weighted by atomic mass is 9.95. The normalized spacial score (nSPS) is 18.0. The van der Waals surface area contributed by atoms with Crippen LogP contribution in [0, 0.1) is 13.8 Å². The van der Waals surface area contributed by atoms with E-state index in [0.29, 0.717) is 0 Å². The molecule has 0 spiro atoms. The van der Waals surface area contributed by atoms with Crippen LogP contribution in [0.1, 0.15) is 28.4 Å². The number of nitrogens with one attached hydrogen (secondary N) is 2. The van der Waals surface area contributed by atoms with E-state index in [1.54, 1.807) is 0 Å². The van der Waals surface area contributed by atoms with Crippen LogP contribution in [0.25, 0.3) is 0 Å². The van der Waals surface area contributed by atoms with E-state index >= 15 is 0 Å². The number of carbonyl (C=O) groups is 1. The quantitative estimate of drug-likeness (QED) is 0.771. The van der Waals surface area contributed by atoms with Crippen molar-refractivity contribution in [3.63, 3.8) is 0 Å². The molecule has 17 heavy (non-hydrogen) atoms. The van der Waals surface area contributed by atoms with Crippen molar-refractivity contribution in [2.24, 2.45) is 0 Å². The zero-order chi connectivity index (χ0) is 12.0. The fraction of sp³-hybridized carbons (Fsp3) is 0.214. The van der Waals surface area contributed by atoms with Gasteiger partial charge in [0.2, 0.25) is 5.91 Å². The molecule has 2 aromatic rings. The fourth-order valence-electron chi connectivity index (χ4n) is 2.54. The topological polar surface area (TPSA) is 44.9 Å². The second-order valence-electron chi connectivity index (χ2n) is 4.56. The molecular weight excluding hydrogens is 212 g/mol. The van der Waals surface area contributed by atoms with Crippen LogP contribution in [-0.4, -0.2) is 10.9 Å². The Morgan fingerprint density at radius 1 is 1.18 bits per heavy atom. The van der Waals surface area contributed by atoms with E-state index in [2.05, 4.69) is 16.4 Å². The number of benzene rings is 1. The van der Waals surface area contributed by atoms with E-state index in [1.165, 1.54) is 0 Å². The third kappa shape index (κ3) is 1.46. The molecule has 86 valence electrons. The third-order valence-electron chi connectivity index (χ3n) is 3.27. The monoisotopic (exact) mass is 226 g/mol. The van der Waals surface area contributed by atoms with E-state index in [0.717, 1.165) is 28.2 Å². The fourth-order valence-corrected chi connectivity index (χ4v) is 2.54. The highest BCUT2D eigenvalue weighted by Gasteiger charge is 2.33. The van der Waals surface area contributed by atoms with Gasteiger partial charge in [-0.15, -0.1) is 0 Å². The number of aromatic nitrogens is 1. The number of para-hydroxylation sites is 1. The van der Waals surface area contributed by atoms with Crippen molar-refractivity contribution in [3.05, 3.63) is 52.8 Å². The van der Waals surface area contributed by atoms with Crippen molar-refractivity contribution in [2.75, 3.05) is 5.32 Å². The number of carbonyl (C=O) groups excluding carboxylic acids is 1. The van der Waals surface area contributed by atoms with Crippen LogP contribution in [0.4, 0.5) is 5.69 Å². The van der Waals surface area contributed by atoms with Gasteiger partial charge in [-0.1, -0.05) is 18.2 Å². The number of hydrogen-bond donors (Lipinski definition) is 2. The minimum Gasteiger partial charge on any atom is -0.361 e. The van der Waals surface area contributed by atoms with Gasteiger partial charge in [0.15, 0.2) is 0 Å². The van der Waals surface area contributed by atoms with Gasteiger partial charge in [0, 0.05) is 17.1 Å². The minimum atomic E-state index is -0.195. The van der Waals surface area contributed by atoms with E-state index in [-0.39, 0.29) is 11.8 Å². The molecule has 0 saturated heterocycles. The first-order chi connectivity index (χ1) is 8.16. The molecule has 1 amide bonds. The maximum atomic E-state index is 12.1. The molecule has 3 nitrogen and oxygen atoms in total. The summed E-state index contributed by atoms with van der Waals surface area (Å²) in [5, 5.41) is 2.92. The number of H-pyrrole nitrogens is 1. The molecule has 2 heterocycles. The van der Waals surface area contributed by atoms with E-state index < -0.39 is 0 Å². The highest BCUT2D eigenvalue weighted by atomic mass is 16.2. The highest BCUT2D eigenvalue weighted by molar-refractivity contribution is 6.04. The Bertz CT molecular complexity index is 598. The largest absolute Gasteiger partial charge is 0.361 e. The zero-order valence-corrected chi connectivity index (χ0v) is 9.87. The summed E-state index contributed by atoms with van der Waals surface area (Å²) in [5.41, 5.74) is 5.22. The Hall–Kier alpha value is -2.03. The number of rotatable bonds is 1. The molecular formula is C14H14N2O. The zero-order valence-electron chi connectivity index (χ0n) is 9.87. The molecule has 3 rings (SSSR count). The van der Waals surface area contributed by atoms with Gasteiger partial charge in [-0.3, -0.25) is 4.79 Å². The number of aryl methyl sites for hydroxylation is 2. The smallest absolute Gasteiger partial charge is 0.238 e. The molecule has 1 aromatic heterocycles. The summed E-state index contributed by atoms with van der Waals surface area (Å²) in [6.07, 6.45) is 0. The Morgan fingerprint density at radius 3 is 2.65 bits per heavy atom. The molecule has 1 aliphatic rings. The lowest BCUT2D eigenvalue weighted by Gasteiger charge is -2.08. The summed E-state index contributed by atoms with van der Waals surface area (Å²) in [6.45, 7) is 4.04. The van der Waals surface area contributed by atoms with Gasteiger partial charge in [0.1, 0.15) is 5.92 Å². The molecule has 0 fully saturated rings. The van der Waals surface area contributed by atoms with Crippen LogP contribution in [0.3, 0.4) is 0 Å². The van der Waals surface area contributed by atoms with Crippen molar-refractivity contribution in [3.8, 4) is 0 Å². The lowest BCUT2D eigenvalue weighted by Crippen LogP contribution is -2.14.